The maximum Gasteiger partial charge on any atom is 0.257 e. The Kier molecular flexibility index (Phi) is 6.36. The zero-order chi connectivity index (χ0) is 21.0. The van der Waals surface area contributed by atoms with Crippen LogP contribution in [0.3, 0.4) is 0 Å². The van der Waals surface area contributed by atoms with Gasteiger partial charge in [-0.1, -0.05) is 12.1 Å². The Bertz CT molecular complexity index is 882. The van der Waals surface area contributed by atoms with Gasteiger partial charge < -0.3 is 23.8 Å². The fraction of sp³-hybridized carbons (Fsp3) is 0.500. The van der Waals surface area contributed by atoms with Crippen LogP contribution in [0.15, 0.2) is 22.7 Å². The van der Waals surface area contributed by atoms with E-state index >= 15 is 0 Å². The van der Waals surface area contributed by atoms with E-state index in [2.05, 4.69) is 10.1 Å². The van der Waals surface area contributed by atoms with Crippen LogP contribution in [0.2, 0.25) is 0 Å². The monoisotopic (exact) mass is 402 g/mol. The van der Waals surface area contributed by atoms with E-state index < -0.39 is 6.04 Å². The highest BCUT2D eigenvalue weighted by atomic mass is 16.5. The number of rotatable bonds is 5. The molecule has 0 spiro atoms. The molecule has 1 aliphatic rings. The molecular formula is C20H26N4O5. The lowest BCUT2D eigenvalue weighted by atomic mass is 10.1. The summed E-state index contributed by atoms with van der Waals surface area (Å²) in [4.78, 5) is 33.6. The minimum atomic E-state index is -0.487. The van der Waals surface area contributed by atoms with E-state index in [1.54, 1.807) is 42.0 Å². The van der Waals surface area contributed by atoms with Crippen LogP contribution in [0.5, 0.6) is 11.5 Å². The van der Waals surface area contributed by atoms with Crippen molar-refractivity contribution in [1.29, 1.82) is 0 Å². The Labute approximate surface area is 169 Å². The van der Waals surface area contributed by atoms with E-state index in [-0.39, 0.29) is 18.4 Å². The standard InChI is InChI=1S/C20H26N4O5/c1-5-18(25)24-10-6-9-23(12-16(24)19-21-13(2)22-29-19)20(26)15-8-7-14(27-3)11-17(15)28-4/h7-8,11,16H,5-6,9-10,12H2,1-4H3. The van der Waals surface area contributed by atoms with E-state index in [0.29, 0.717) is 54.7 Å². The quantitative estimate of drug-likeness (QED) is 0.756. The average molecular weight is 402 g/mol. The number of amides is 2. The van der Waals surface area contributed by atoms with E-state index in [4.69, 9.17) is 14.0 Å². The lowest BCUT2D eigenvalue weighted by Crippen LogP contribution is -2.40. The molecule has 1 fully saturated rings. The molecular weight excluding hydrogens is 376 g/mol. The van der Waals surface area contributed by atoms with Crippen LogP contribution in [0, 0.1) is 6.92 Å². The van der Waals surface area contributed by atoms with Gasteiger partial charge in [-0.25, -0.2) is 0 Å². The zero-order valence-electron chi connectivity index (χ0n) is 17.2. The van der Waals surface area contributed by atoms with Gasteiger partial charge >= 0.3 is 0 Å². The number of aromatic nitrogens is 2. The Morgan fingerprint density at radius 3 is 2.66 bits per heavy atom. The molecule has 29 heavy (non-hydrogen) atoms. The summed E-state index contributed by atoms with van der Waals surface area (Å²) in [5.41, 5.74) is 0.434. The summed E-state index contributed by atoms with van der Waals surface area (Å²) in [6.07, 6.45) is 1.02. The number of carbonyl (C=O) groups is 2. The van der Waals surface area contributed by atoms with Crippen molar-refractivity contribution in [1.82, 2.24) is 19.9 Å². The number of methoxy groups -OCH3 is 2. The molecule has 3 rings (SSSR count). The summed E-state index contributed by atoms with van der Waals surface area (Å²) in [6.45, 7) is 4.82. The predicted octanol–water partition coefficient (Wildman–Crippen LogP) is 2.22. The molecule has 2 aromatic rings. The maximum absolute atomic E-state index is 13.3. The highest BCUT2D eigenvalue weighted by Crippen LogP contribution is 2.29. The first kappa shape index (κ1) is 20.6. The topological polar surface area (TPSA) is 98.0 Å². The van der Waals surface area contributed by atoms with Gasteiger partial charge in [-0.15, -0.1) is 0 Å². The second-order valence-corrected chi connectivity index (χ2v) is 6.81. The Balaban J connectivity index is 1.92. The molecule has 156 valence electrons. The molecule has 1 aliphatic heterocycles. The normalized spacial score (nSPS) is 17.0. The number of carbonyl (C=O) groups excluding carboxylic acids is 2. The van der Waals surface area contributed by atoms with Crippen LogP contribution >= 0.6 is 0 Å². The Morgan fingerprint density at radius 1 is 1.24 bits per heavy atom. The van der Waals surface area contributed by atoms with E-state index in [1.165, 1.54) is 7.11 Å². The van der Waals surface area contributed by atoms with Crippen LogP contribution in [-0.4, -0.2) is 65.6 Å². The molecule has 0 saturated carbocycles. The van der Waals surface area contributed by atoms with Crippen LogP contribution in [0.4, 0.5) is 0 Å². The first-order chi connectivity index (χ1) is 14.0. The molecule has 1 saturated heterocycles. The Hall–Kier alpha value is -3.10. The van der Waals surface area contributed by atoms with Crippen molar-refractivity contribution in [3.05, 3.63) is 35.5 Å². The Morgan fingerprint density at radius 2 is 2.03 bits per heavy atom. The third-order valence-electron chi connectivity index (χ3n) is 4.97. The molecule has 0 radical (unpaired) electrons. The van der Waals surface area contributed by atoms with E-state index in [0.717, 1.165) is 0 Å². The number of benzene rings is 1. The first-order valence-corrected chi connectivity index (χ1v) is 9.59. The number of hydrogen-bond donors (Lipinski definition) is 0. The maximum atomic E-state index is 13.3. The lowest BCUT2D eigenvalue weighted by Gasteiger charge is -2.29. The lowest BCUT2D eigenvalue weighted by molar-refractivity contribution is -0.133. The molecule has 1 atom stereocenters. The summed E-state index contributed by atoms with van der Waals surface area (Å²) in [5, 5.41) is 3.86. The number of aryl methyl sites for hydroxylation is 1. The molecule has 1 aromatic carbocycles. The number of hydrogen-bond acceptors (Lipinski definition) is 7. The molecule has 1 unspecified atom stereocenters. The van der Waals surface area contributed by atoms with Crippen molar-refractivity contribution < 1.29 is 23.6 Å². The third-order valence-corrected chi connectivity index (χ3v) is 4.97. The van der Waals surface area contributed by atoms with Crippen molar-refractivity contribution in [2.75, 3.05) is 33.9 Å². The first-order valence-electron chi connectivity index (χ1n) is 9.59. The smallest absolute Gasteiger partial charge is 0.257 e. The molecule has 0 bridgehead atoms. The van der Waals surface area contributed by atoms with Gasteiger partial charge in [0.1, 0.15) is 17.5 Å². The van der Waals surface area contributed by atoms with Crippen molar-refractivity contribution in [3.8, 4) is 11.5 Å². The highest BCUT2D eigenvalue weighted by Gasteiger charge is 2.35. The van der Waals surface area contributed by atoms with Gasteiger partial charge in [-0.05, 0) is 25.5 Å². The zero-order valence-corrected chi connectivity index (χ0v) is 17.2. The van der Waals surface area contributed by atoms with Crippen LogP contribution < -0.4 is 9.47 Å². The molecule has 2 heterocycles. The summed E-state index contributed by atoms with van der Waals surface area (Å²) in [6, 6.07) is 4.60. The second kappa shape index (κ2) is 8.93. The van der Waals surface area contributed by atoms with Crippen LogP contribution in [0.25, 0.3) is 0 Å². The molecule has 2 amide bonds. The number of ether oxygens (including phenoxy) is 2. The van der Waals surface area contributed by atoms with Gasteiger partial charge in [0.15, 0.2) is 5.82 Å². The predicted molar refractivity (Wildman–Crippen MR) is 104 cm³/mol. The molecule has 1 aromatic heterocycles. The van der Waals surface area contributed by atoms with Crippen molar-refractivity contribution in [2.24, 2.45) is 0 Å². The average Bonchev–Trinajstić information content (AvgIpc) is 3.05. The van der Waals surface area contributed by atoms with Crippen molar-refractivity contribution in [2.45, 2.75) is 32.7 Å². The van der Waals surface area contributed by atoms with E-state index in [9.17, 15) is 9.59 Å². The summed E-state index contributed by atoms with van der Waals surface area (Å²) in [7, 11) is 3.07. The number of nitrogens with zero attached hydrogens (tertiary/aromatic N) is 4. The van der Waals surface area contributed by atoms with Gasteiger partial charge in [0.05, 0.1) is 26.3 Å². The second-order valence-electron chi connectivity index (χ2n) is 6.81. The van der Waals surface area contributed by atoms with Gasteiger partial charge in [0.25, 0.3) is 11.8 Å². The van der Waals surface area contributed by atoms with Crippen LogP contribution in [0.1, 0.15) is 47.9 Å². The molecule has 0 N–H and O–H groups in total. The summed E-state index contributed by atoms with van der Waals surface area (Å²) >= 11 is 0. The fourth-order valence-corrected chi connectivity index (χ4v) is 3.48. The van der Waals surface area contributed by atoms with Crippen molar-refractivity contribution >= 4 is 11.8 Å². The molecule has 9 heteroatoms. The summed E-state index contributed by atoms with van der Waals surface area (Å²) < 4.78 is 16.0. The SMILES string of the molecule is CCC(=O)N1CCCN(C(=O)c2ccc(OC)cc2OC)CC1c1nc(C)no1. The van der Waals surface area contributed by atoms with Gasteiger partial charge in [-0.2, -0.15) is 4.98 Å². The third kappa shape index (κ3) is 4.33. The summed E-state index contributed by atoms with van der Waals surface area (Å²) in [5.74, 6) is 1.67. The van der Waals surface area contributed by atoms with Gasteiger partial charge in [-0.3, -0.25) is 9.59 Å². The highest BCUT2D eigenvalue weighted by molar-refractivity contribution is 5.97. The molecule has 0 aliphatic carbocycles. The van der Waals surface area contributed by atoms with Gasteiger partial charge in [0, 0.05) is 25.6 Å². The molecule has 9 nitrogen and oxygen atoms in total. The fourth-order valence-electron chi connectivity index (χ4n) is 3.48. The van der Waals surface area contributed by atoms with E-state index in [1.807, 2.05) is 6.92 Å². The minimum absolute atomic E-state index is 0.0119. The largest absolute Gasteiger partial charge is 0.497 e. The van der Waals surface area contributed by atoms with Crippen LogP contribution in [-0.2, 0) is 4.79 Å². The van der Waals surface area contributed by atoms with Gasteiger partial charge in [0.2, 0.25) is 5.91 Å². The van der Waals surface area contributed by atoms with Crippen molar-refractivity contribution in [3.63, 3.8) is 0 Å². The minimum Gasteiger partial charge on any atom is -0.497 e.